The maximum Gasteiger partial charge on any atom is 0.0361 e. The number of rotatable bonds is 6. The molecule has 1 aliphatic carbocycles. The van der Waals surface area contributed by atoms with E-state index in [1.807, 2.05) is 0 Å². The molecule has 2 heteroatoms. The number of benzene rings is 1. The first kappa shape index (κ1) is 17.3. The molecule has 0 amide bonds. The van der Waals surface area contributed by atoms with Crippen LogP contribution in [0.5, 0.6) is 0 Å². The van der Waals surface area contributed by atoms with Crippen LogP contribution in [0.4, 0.5) is 0 Å². The second-order valence-electron chi connectivity index (χ2n) is 6.53. The van der Waals surface area contributed by atoms with Gasteiger partial charge in [0.25, 0.3) is 0 Å². The van der Waals surface area contributed by atoms with Crippen LogP contribution in [0.1, 0.15) is 69.5 Å². The normalized spacial score (nSPS) is 24.0. The van der Waals surface area contributed by atoms with Gasteiger partial charge in [-0.15, -0.1) is 0 Å². The van der Waals surface area contributed by atoms with Crippen LogP contribution in [0.15, 0.2) is 18.2 Å². The van der Waals surface area contributed by atoms with Gasteiger partial charge < -0.3 is 5.32 Å². The van der Waals surface area contributed by atoms with E-state index in [1.54, 1.807) is 0 Å². The Labute approximate surface area is 144 Å². The standard InChI is InChI=1S/C19H30IN/c1-4-13-21-19(16-11-7-6-10-15(16)5-2)17-12-8-9-14(3)18(17)20/h8-9,12,15-16,19,21H,4-7,10-11,13H2,1-3H3. The van der Waals surface area contributed by atoms with Gasteiger partial charge in [-0.05, 0) is 71.9 Å². The molecule has 21 heavy (non-hydrogen) atoms. The third kappa shape index (κ3) is 4.22. The molecule has 3 unspecified atom stereocenters. The summed E-state index contributed by atoms with van der Waals surface area (Å²) in [5.41, 5.74) is 2.95. The maximum absolute atomic E-state index is 3.88. The second-order valence-corrected chi connectivity index (χ2v) is 7.61. The summed E-state index contributed by atoms with van der Waals surface area (Å²) < 4.78 is 1.46. The first-order chi connectivity index (χ1) is 10.2. The van der Waals surface area contributed by atoms with Crippen molar-refractivity contribution >= 4 is 22.6 Å². The lowest BCUT2D eigenvalue weighted by molar-refractivity contribution is 0.175. The van der Waals surface area contributed by atoms with Crippen LogP contribution in [0.25, 0.3) is 0 Å². The fourth-order valence-corrected chi connectivity index (χ4v) is 4.58. The molecule has 0 radical (unpaired) electrons. The van der Waals surface area contributed by atoms with Crippen LogP contribution in [-0.2, 0) is 0 Å². The van der Waals surface area contributed by atoms with Crippen molar-refractivity contribution in [1.82, 2.24) is 5.32 Å². The Morgan fingerprint density at radius 1 is 1.24 bits per heavy atom. The van der Waals surface area contributed by atoms with Crippen molar-refractivity contribution in [2.24, 2.45) is 11.8 Å². The van der Waals surface area contributed by atoms with Crippen molar-refractivity contribution in [1.29, 1.82) is 0 Å². The number of halogens is 1. The molecule has 0 aliphatic heterocycles. The summed E-state index contributed by atoms with van der Waals surface area (Å²) >= 11 is 2.55. The van der Waals surface area contributed by atoms with E-state index in [0.29, 0.717) is 6.04 Å². The Kier molecular flexibility index (Phi) is 7.00. The fourth-order valence-electron chi connectivity index (χ4n) is 3.88. The molecule has 2 rings (SSSR count). The lowest BCUT2D eigenvalue weighted by atomic mass is 9.72. The molecule has 1 saturated carbocycles. The van der Waals surface area contributed by atoms with Gasteiger partial charge in [-0.1, -0.05) is 57.7 Å². The van der Waals surface area contributed by atoms with Crippen molar-refractivity contribution in [3.8, 4) is 0 Å². The largest absolute Gasteiger partial charge is 0.310 e. The highest BCUT2D eigenvalue weighted by Crippen LogP contribution is 2.41. The van der Waals surface area contributed by atoms with Crippen LogP contribution in [0, 0.1) is 22.3 Å². The van der Waals surface area contributed by atoms with Crippen LogP contribution in [0.3, 0.4) is 0 Å². The average Bonchev–Trinajstić information content (AvgIpc) is 2.52. The second kappa shape index (κ2) is 8.52. The summed E-state index contributed by atoms with van der Waals surface area (Å²) in [6, 6.07) is 7.36. The van der Waals surface area contributed by atoms with E-state index in [2.05, 4.69) is 66.9 Å². The summed E-state index contributed by atoms with van der Waals surface area (Å²) in [7, 11) is 0. The Morgan fingerprint density at radius 3 is 2.71 bits per heavy atom. The highest BCUT2D eigenvalue weighted by atomic mass is 127. The van der Waals surface area contributed by atoms with Crippen LogP contribution in [0.2, 0.25) is 0 Å². The molecule has 1 aromatic carbocycles. The van der Waals surface area contributed by atoms with Crippen LogP contribution < -0.4 is 5.32 Å². The summed E-state index contributed by atoms with van der Waals surface area (Å²) in [5.74, 6) is 1.70. The van der Waals surface area contributed by atoms with Crippen LogP contribution in [-0.4, -0.2) is 6.54 Å². The molecular formula is C19H30IN. The molecule has 0 aromatic heterocycles. The van der Waals surface area contributed by atoms with Gasteiger partial charge in [0.05, 0.1) is 0 Å². The lowest BCUT2D eigenvalue weighted by Gasteiger charge is -2.38. The Morgan fingerprint density at radius 2 is 2.00 bits per heavy atom. The molecule has 1 nitrogen and oxygen atoms in total. The minimum absolute atomic E-state index is 0.544. The van der Waals surface area contributed by atoms with Crippen molar-refractivity contribution < 1.29 is 0 Å². The predicted molar refractivity (Wildman–Crippen MR) is 101 cm³/mol. The summed E-state index contributed by atoms with van der Waals surface area (Å²) in [6.07, 6.45) is 8.20. The lowest BCUT2D eigenvalue weighted by Crippen LogP contribution is -2.35. The Balaban J connectivity index is 2.30. The molecule has 3 atom stereocenters. The van der Waals surface area contributed by atoms with Gasteiger partial charge in [0.2, 0.25) is 0 Å². The molecular weight excluding hydrogens is 369 g/mol. The van der Waals surface area contributed by atoms with Crippen molar-refractivity contribution in [3.63, 3.8) is 0 Å². The Bertz CT molecular complexity index is 443. The van der Waals surface area contributed by atoms with Gasteiger partial charge >= 0.3 is 0 Å². The third-order valence-electron chi connectivity index (χ3n) is 5.09. The maximum atomic E-state index is 3.88. The summed E-state index contributed by atoms with van der Waals surface area (Å²) in [6.45, 7) is 8.01. The van der Waals surface area contributed by atoms with E-state index in [0.717, 1.165) is 18.4 Å². The number of hydrogen-bond donors (Lipinski definition) is 1. The molecule has 1 aromatic rings. The molecule has 118 valence electrons. The van der Waals surface area contributed by atoms with Gasteiger partial charge in [0.1, 0.15) is 0 Å². The minimum Gasteiger partial charge on any atom is -0.310 e. The molecule has 1 aliphatic rings. The first-order valence-electron chi connectivity index (χ1n) is 8.67. The third-order valence-corrected chi connectivity index (χ3v) is 6.56. The van der Waals surface area contributed by atoms with Gasteiger partial charge in [0, 0.05) is 9.61 Å². The van der Waals surface area contributed by atoms with E-state index in [1.165, 1.54) is 53.2 Å². The molecule has 0 bridgehead atoms. The smallest absolute Gasteiger partial charge is 0.0361 e. The van der Waals surface area contributed by atoms with E-state index >= 15 is 0 Å². The fraction of sp³-hybridized carbons (Fsp3) is 0.684. The van der Waals surface area contributed by atoms with Gasteiger partial charge in [-0.3, -0.25) is 0 Å². The van der Waals surface area contributed by atoms with Gasteiger partial charge in [0.15, 0.2) is 0 Å². The average molecular weight is 399 g/mol. The summed E-state index contributed by atoms with van der Waals surface area (Å²) in [4.78, 5) is 0. The predicted octanol–water partition coefficient (Wildman–Crippen LogP) is 5.86. The van der Waals surface area contributed by atoms with E-state index in [-0.39, 0.29) is 0 Å². The highest BCUT2D eigenvalue weighted by Gasteiger charge is 2.32. The SMILES string of the molecule is CCCNC(c1cccc(C)c1I)C1CCCCC1CC. The van der Waals surface area contributed by atoms with E-state index < -0.39 is 0 Å². The van der Waals surface area contributed by atoms with E-state index in [9.17, 15) is 0 Å². The Hall–Kier alpha value is -0.0900. The topological polar surface area (TPSA) is 12.0 Å². The van der Waals surface area contributed by atoms with Gasteiger partial charge in [-0.25, -0.2) is 0 Å². The van der Waals surface area contributed by atoms with Crippen LogP contribution >= 0.6 is 22.6 Å². The van der Waals surface area contributed by atoms with E-state index in [4.69, 9.17) is 0 Å². The molecule has 1 fully saturated rings. The zero-order valence-electron chi connectivity index (χ0n) is 13.8. The van der Waals surface area contributed by atoms with Crippen molar-refractivity contribution in [2.75, 3.05) is 6.54 Å². The van der Waals surface area contributed by atoms with Gasteiger partial charge in [-0.2, -0.15) is 0 Å². The molecule has 0 spiro atoms. The zero-order chi connectivity index (χ0) is 15.2. The number of nitrogens with one attached hydrogen (secondary N) is 1. The van der Waals surface area contributed by atoms with Crippen molar-refractivity contribution in [2.45, 2.75) is 65.3 Å². The quantitative estimate of drug-likeness (QED) is 0.591. The first-order valence-corrected chi connectivity index (χ1v) is 9.75. The number of aryl methyl sites for hydroxylation is 1. The molecule has 1 N–H and O–H groups in total. The number of hydrogen-bond acceptors (Lipinski definition) is 1. The molecule has 0 heterocycles. The van der Waals surface area contributed by atoms with Crippen molar-refractivity contribution in [3.05, 3.63) is 32.9 Å². The summed E-state index contributed by atoms with van der Waals surface area (Å²) in [5, 5.41) is 3.88. The highest BCUT2D eigenvalue weighted by molar-refractivity contribution is 14.1. The zero-order valence-corrected chi connectivity index (χ0v) is 15.9. The molecule has 0 saturated heterocycles. The minimum atomic E-state index is 0.544. The monoisotopic (exact) mass is 399 g/mol.